The van der Waals surface area contributed by atoms with Gasteiger partial charge in [0.15, 0.2) is 5.82 Å². The van der Waals surface area contributed by atoms with Crippen LogP contribution < -0.4 is 15.2 Å². The van der Waals surface area contributed by atoms with Crippen molar-refractivity contribution in [3.8, 4) is 28.5 Å². The van der Waals surface area contributed by atoms with E-state index in [4.69, 9.17) is 20.4 Å². The molecular weight excluding hydrogens is 578 g/mol. The van der Waals surface area contributed by atoms with Crippen LogP contribution in [0.5, 0.6) is 5.75 Å². The Morgan fingerprint density at radius 1 is 1.02 bits per heavy atom. The van der Waals surface area contributed by atoms with Crippen LogP contribution >= 0.6 is 0 Å². The highest BCUT2D eigenvalue weighted by molar-refractivity contribution is 6.00. The van der Waals surface area contributed by atoms with Gasteiger partial charge in [0.1, 0.15) is 16.9 Å². The van der Waals surface area contributed by atoms with Gasteiger partial charge in [0.2, 0.25) is 12.4 Å². The number of amides is 1. The molecule has 5 heterocycles. The van der Waals surface area contributed by atoms with Crippen molar-refractivity contribution in [3.63, 3.8) is 0 Å². The zero-order valence-corrected chi connectivity index (χ0v) is 25.9. The lowest BCUT2D eigenvalue weighted by Gasteiger charge is -2.27. The fraction of sp³-hybridized carbons (Fsp3) is 0.333. The van der Waals surface area contributed by atoms with Crippen molar-refractivity contribution in [2.75, 3.05) is 13.7 Å². The van der Waals surface area contributed by atoms with Crippen molar-refractivity contribution >= 4 is 38.7 Å². The predicted octanol–water partition coefficient (Wildman–Crippen LogP) is 4.92. The van der Waals surface area contributed by atoms with Crippen molar-refractivity contribution in [2.24, 2.45) is 24.6 Å². The molecule has 2 bridgehead atoms. The van der Waals surface area contributed by atoms with E-state index in [0.29, 0.717) is 23.1 Å². The van der Waals surface area contributed by atoms with Crippen LogP contribution in [0.2, 0.25) is 0 Å². The van der Waals surface area contributed by atoms with Crippen LogP contribution in [0.4, 0.5) is 0 Å². The molecule has 1 aliphatic heterocycles. The highest BCUT2D eigenvalue weighted by Crippen LogP contribution is 2.40. The monoisotopic (exact) mass is 614 g/mol. The Bertz CT molecular complexity index is 2210. The number of carbonyl (C=O) groups excluding carboxylic acids is 1. The molecule has 46 heavy (non-hydrogen) atoms. The normalized spacial score (nSPS) is 20.8. The summed E-state index contributed by atoms with van der Waals surface area (Å²) in [7, 11) is 3.65. The molecule has 0 radical (unpaired) electrons. The third-order valence-corrected chi connectivity index (χ3v) is 10.5. The molecule has 6 aromatic rings. The Morgan fingerprint density at radius 3 is 2.63 bits per heavy atom. The quantitative estimate of drug-likeness (QED) is 0.203. The highest BCUT2D eigenvalue weighted by atomic mass is 16.5. The summed E-state index contributed by atoms with van der Waals surface area (Å²) in [5, 5.41) is 13.0. The summed E-state index contributed by atoms with van der Waals surface area (Å²) in [6, 6.07) is 18.3. The number of fused-ring (bicyclic) bond motifs is 5. The standard InChI is InChI=1S/C36H36N7O3/c1-40-33-28(14-25(16-31(33)46-2)36(44)43-19-24-8-10-29(43)32(24)37)39-35(40)30-15-23-7-9-27(38-34(23)42(30)17-20-3-4-20)22-6-5-21-11-12-41(45)18-26(21)13-22/h5-7,9,11-16,18,20,24,29,32,45H,3-4,8,10,17,19,37H2,1-2H3/q+1/t24?,29?,32-/m1/s1. The number of imidazole rings is 1. The van der Waals surface area contributed by atoms with Gasteiger partial charge in [-0.25, -0.2) is 9.97 Å². The van der Waals surface area contributed by atoms with Crippen molar-refractivity contribution in [2.45, 2.75) is 44.3 Å². The largest absolute Gasteiger partial charge is 0.494 e. The molecule has 4 aromatic heterocycles. The summed E-state index contributed by atoms with van der Waals surface area (Å²) in [6.07, 6.45) is 7.80. The summed E-state index contributed by atoms with van der Waals surface area (Å²) < 4.78 is 11.3. The number of ether oxygens (including phenoxy) is 1. The molecule has 2 unspecified atom stereocenters. The van der Waals surface area contributed by atoms with Crippen LogP contribution in [0.1, 0.15) is 36.0 Å². The van der Waals surface area contributed by atoms with Gasteiger partial charge < -0.3 is 24.5 Å². The number of likely N-dealkylation sites (tertiary alicyclic amines) is 1. The lowest BCUT2D eigenvalue weighted by molar-refractivity contribution is -0.903. The average molecular weight is 615 g/mol. The molecule has 10 nitrogen and oxygen atoms in total. The number of nitrogens with two attached hydrogens (primary N) is 1. The number of methoxy groups -OCH3 is 1. The van der Waals surface area contributed by atoms with Gasteiger partial charge in [0.05, 0.1) is 29.4 Å². The molecule has 3 atom stereocenters. The molecule has 232 valence electrons. The minimum atomic E-state index is -0.00266. The van der Waals surface area contributed by atoms with E-state index >= 15 is 0 Å². The fourth-order valence-corrected chi connectivity index (χ4v) is 7.82. The van der Waals surface area contributed by atoms with Gasteiger partial charge >= 0.3 is 0 Å². The summed E-state index contributed by atoms with van der Waals surface area (Å²) in [6.45, 7) is 1.58. The maximum absolute atomic E-state index is 13.7. The third kappa shape index (κ3) is 4.20. The van der Waals surface area contributed by atoms with Crippen LogP contribution in [0, 0.1) is 11.8 Å². The van der Waals surface area contributed by atoms with Crippen LogP contribution in [0.25, 0.3) is 55.6 Å². The Kier molecular flexibility index (Phi) is 5.96. The second-order valence-corrected chi connectivity index (χ2v) is 13.3. The minimum absolute atomic E-state index is 0.00266. The van der Waals surface area contributed by atoms with Gasteiger partial charge in [-0.15, -0.1) is 0 Å². The molecule has 1 saturated heterocycles. The summed E-state index contributed by atoms with van der Waals surface area (Å²) in [5.74, 6) is 2.42. The maximum atomic E-state index is 13.7. The van der Waals surface area contributed by atoms with E-state index in [-0.39, 0.29) is 18.0 Å². The van der Waals surface area contributed by atoms with Crippen molar-refractivity contribution in [1.29, 1.82) is 0 Å². The number of aromatic nitrogens is 5. The number of benzene rings is 2. The lowest BCUT2D eigenvalue weighted by atomic mass is 10.1. The summed E-state index contributed by atoms with van der Waals surface area (Å²) in [4.78, 5) is 26.0. The predicted molar refractivity (Wildman–Crippen MR) is 175 cm³/mol. The van der Waals surface area contributed by atoms with E-state index in [1.165, 1.54) is 12.8 Å². The molecule has 1 amide bonds. The van der Waals surface area contributed by atoms with E-state index < -0.39 is 0 Å². The number of pyridine rings is 2. The van der Waals surface area contributed by atoms with Gasteiger partial charge in [-0.05, 0) is 79.3 Å². The Labute approximate surface area is 265 Å². The zero-order valence-electron chi connectivity index (χ0n) is 25.9. The van der Waals surface area contributed by atoms with Gasteiger partial charge in [-0.3, -0.25) is 10.0 Å². The molecule has 2 saturated carbocycles. The maximum Gasteiger partial charge on any atom is 0.254 e. The molecule has 10 heteroatoms. The van der Waals surface area contributed by atoms with Gasteiger partial charge in [0, 0.05) is 59.5 Å². The number of rotatable bonds is 6. The average Bonchev–Trinajstić information content (AvgIpc) is 3.47. The second kappa shape index (κ2) is 10.0. The highest BCUT2D eigenvalue weighted by Gasteiger charge is 2.47. The molecule has 3 aliphatic rings. The number of nitrogens with zero attached hydrogens (tertiary/aromatic N) is 6. The zero-order chi connectivity index (χ0) is 31.3. The molecule has 3 N–H and O–H groups in total. The first-order chi connectivity index (χ1) is 22.4. The number of piperidine rings is 1. The van der Waals surface area contributed by atoms with Gasteiger partial charge in [-0.2, -0.15) is 0 Å². The topological polar surface area (TPSA) is 115 Å². The SMILES string of the molecule is COc1cc(C(=O)N2CC3CCC2[C@@H]3N)cc2nc(-c3cc4ccc(-c5ccc6cc[n+](O)cc6c5)nc4n3CC3CC3)n(C)c12. The molecular formula is C36H36N7O3+. The summed E-state index contributed by atoms with van der Waals surface area (Å²) >= 11 is 0. The smallest absolute Gasteiger partial charge is 0.254 e. The van der Waals surface area contributed by atoms with E-state index in [0.717, 1.165) is 86.3 Å². The number of hydrogen-bond acceptors (Lipinski definition) is 6. The third-order valence-electron chi connectivity index (χ3n) is 10.5. The van der Waals surface area contributed by atoms with E-state index in [2.05, 4.69) is 45.5 Å². The van der Waals surface area contributed by atoms with Crippen LogP contribution in [-0.2, 0) is 13.6 Å². The first-order valence-corrected chi connectivity index (χ1v) is 16.1. The Hall–Kier alpha value is -4.96. The molecule has 2 aliphatic carbocycles. The minimum Gasteiger partial charge on any atom is -0.494 e. The Morgan fingerprint density at radius 2 is 1.87 bits per heavy atom. The van der Waals surface area contributed by atoms with Crippen molar-refractivity contribution in [3.05, 3.63) is 72.6 Å². The first-order valence-electron chi connectivity index (χ1n) is 16.1. The summed E-state index contributed by atoms with van der Waals surface area (Å²) in [5.41, 5.74) is 12.3. The van der Waals surface area contributed by atoms with Crippen LogP contribution in [0.15, 0.2) is 67.0 Å². The number of aryl methyl sites for hydroxylation is 1. The van der Waals surface area contributed by atoms with Gasteiger partial charge in [0.25, 0.3) is 5.91 Å². The lowest BCUT2D eigenvalue weighted by Crippen LogP contribution is -2.41. The van der Waals surface area contributed by atoms with E-state index in [9.17, 15) is 10.0 Å². The number of carbonyl (C=O) groups is 1. The molecule has 0 spiro atoms. The second-order valence-electron chi connectivity index (χ2n) is 13.3. The first kappa shape index (κ1) is 27.4. The number of hydrogen-bond donors (Lipinski definition) is 2. The molecule has 2 aromatic carbocycles. The molecule has 3 fully saturated rings. The van der Waals surface area contributed by atoms with Crippen LogP contribution in [0.3, 0.4) is 0 Å². The Balaban J connectivity index is 1.15. The van der Waals surface area contributed by atoms with Crippen LogP contribution in [-0.4, -0.2) is 60.9 Å². The van der Waals surface area contributed by atoms with E-state index in [1.807, 2.05) is 30.1 Å². The van der Waals surface area contributed by atoms with Gasteiger partial charge in [-0.1, -0.05) is 12.1 Å². The van der Waals surface area contributed by atoms with Crippen molar-refractivity contribution in [1.82, 2.24) is 24.0 Å². The fourth-order valence-electron chi connectivity index (χ4n) is 7.82. The van der Waals surface area contributed by atoms with Crippen molar-refractivity contribution < 1.29 is 19.5 Å². The van der Waals surface area contributed by atoms with E-state index in [1.54, 1.807) is 19.5 Å². The molecule has 9 rings (SSSR count).